The molecule has 0 fully saturated rings. The standard InChI is InChI=1S/C14H9NO7/c16-13(17)8-5-6-12(10(7-8)15(20)21)22-11-4-2-1-3-9(11)14(18)19/h1-7H,(H,16,17)(H,18,19). The number of rotatable bonds is 5. The average molecular weight is 303 g/mol. The SMILES string of the molecule is O=C(O)c1ccc(Oc2ccccc2C(=O)O)c([N+](=O)[O-])c1. The number of nitro groups is 1. The summed E-state index contributed by atoms with van der Waals surface area (Å²) < 4.78 is 5.28. The molecule has 0 saturated carbocycles. The zero-order valence-corrected chi connectivity index (χ0v) is 10.9. The highest BCUT2D eigenvalue weighted by molar-refractivity contribution is 5.91. The molecule has 0 aliphatic carbocycles. The zero-order chi connectivity index (χ0) is 16.3. The molecule has 2 aromatic carbocycles. The van der Waals surface area contributed by atoms with Crippen LogP contribution in [0.5, 0.6) is 11.5 Å². The van der Waals surface area contributed by atoms with Gasteiger partial charge >= 0.3 is 17.6 Å². The third-order valence-electron chi connectivity index (χ3n) is 2.74. The number of hydrogen-bond donors (Lipinski definition) is 2. The fourth-order valence-corrected chi connectivity index (χ4v) is 1.73. The van der Waals surface area contributed by atoms with E-state index < -0.39 is 22.5 Å². The fraction of sp³-hybridized carbons (Fsp3) is 0. The van der Waals surface area contributed by atoms with Crippen molar-refractivity contribution < 1.29 is 29.5 Å². The summed E-state index contributed by atoms with van der Waals surface area (Å²) in [5, 5.41) is 28.9. The van der Waals surface area contributed by atoms with Gasteiger partial charge in [0.2, 0.25) is 5.75 Å². The third kappa shape index (κ3) is 3.01. The molecule has 2 N–H and O–H groups in total. The maximum absolute atomic E-state index is 11.1. The summed E-state index contributed by atoms with van der Waals surface area (Å²) in [5.74, 6) is -2.90. The Kier molecular flexibility index (Phi) is 4.03. The van der Waals surface area contributed by atoms with Crippen LogP contribution in [0.25, 0.3) is 0 Å². The summed E-state index contributed by atoms with van der Waals surface area (Å²) >= 11 is 0. The van der Waals surface area contributed by atoms with Crippen LogP contribution in [0.15, 0.2) is 42.5 Å². The Morgan fingerprint density at radius 3 is 2.27 bits per heavy atom. The maximum atomic E-state index is 11.1. The van der Waals surface area contributed by atoms with Crippen molar-refractivity contribution in [2.75, 3.05) is 0 Å². The summed E-state index contributed by atoms with van der Waals surface area (Å²) in [4.78, 5) is 32.2. The lowest BCUT2D eigenvalue weighted by Crippen LogP contribution is -2.02. The number of nitro benzene ring substituents is 1. The predicted molar refractivity (Wildman–Crippen MR) is 73.5 cm³/mol. The Morgan fingerprint density at radius 2 is 1.68 bits per heavy atom. The van der Waals surface area contributed by atoms with Gasteiger partial charge in [-0.15, -0.1) is 0 Å². The van der Waals surface area contributed by atoms with Crippen LogP contribution >= 0.6 is 0 Å². The van der Waals surface area contributed by atoms with Crippen LogP contribution in [-0.4, -0.2) is 27.1 Å². The lowest BCUT2D eigenvalue weighted by Gasteiger charge is -2.09. The minimum absolute atomic E-state index is 0.0822. The molecule has 0 atom stereocenters. The van der Waals surface area contributed by atoms with Gasteiger partial charge in [0, 0.05) is 6.07 Å². The van der Waals surface area contributed by atoms with Crippen LogP contribution < -0.4 is 4.74 Å². The minimum Gasteiger partial charge on any atom is -0.478 e. The molecule has 2 aromatic rings. The number of ether oxygens (including phenoxy) is 1. The van der Waals surface area contributed by atoms with Crippen LogP contribution in [0.3, 0.4) is 0 Å². The molecule has 0 heterocycles. The van der Waals surface area contributed by atoms with Gasteiger partial charge in [-0.05, 0) is 24.3 Å². The van der Waals surface area contributed by atoms with E-state index in [0.29, 0.717) is 0 Å². The lowest BCUT2D eigenvalue weighted by atomic mass is 10.1. The number of benzene rings is 2. The van der Waals surface area contributed by atoms with Crippen LogP contribution in [0.2, 0.25) is 0 Å². The molecule has 8 heteroatoms. The van der Waals surface area contributed by atoms with Gasteiger partial charge in [-0.25, -0.2) is 9.59 Å². The number of carboxylic acid groups (broad SMARTS) is 2. The summed E-state index contributed by atoms with van der Waals surface area (Å²) in [5.41, 5.74) is -1.01. The van der Waals surface area contributed by atoms with Gasteiger partial charge in [0.25, 0.3) is 0 Å². The van der Waals surface area contributed by atoms with Crippen molar-refractivity contribution in [2.45, 2.75) is 0 Å². The molecule has 0 radical (unpaired) electrons. The van der Waals surface area contributed by atoms with E-state index in [1.54, 1.807) is 0 Å². The molecule has 0 aliphatic heterocycles. The first kappa shape index (κ1) is 15.0. The van der Waals surface area contributed by atoms with E-state index in [9.17, 15) is 19.7 Å². The van der Waals surface area contributed by atoms with Crippen molar-refractivity contribution >= 4 is 17.6 Å². The van der Waals surface area contributed by atoms with Crippen LogP contribution in [0.4, 0.5) is 5.69 Å². The Labute approximate surface area is 123 Å². The zero-order valence-electron chi connectivity index (χ0n) is 10.9. The molecule has 0 saturated heterocycles. The van der Waals surface area contributed by atoms with Gasteiger partial charge in [-0.2, -0.15) is 0 Å². The lowest BCUT2D eigenvalue weighted by molar-refractivity contribution is -0.385. The number of para-hydroxylation sites is 1. The van der Waals surface area contributed by atoms with E-state index in [1.807, 2.05) is 0 Å². The van der Waals surface area contributed by atoms with Crippen molar-refractivity contribution in [1.82, 2.24) is 0 Å². The van der Waals surface area contributed by atoms with Gasteiger partial charge in [0.15, 0.2) is 0 Å². The number of carboxylic acids is 2. The van der Waals surface area contributed by atoms with E-state index in [4.69, 9.17) is 14.9 Å². The maximum Gasteiger partial charge on any atom is 0.339 e. The predicted octanol–water partition coefficient (Wildman–Crippen LogP) is 2.78. The Morgan fingerprint density at radius 1 is 1.00 bits per heavy atom. The molecule has 0 amide bonds. The number of carbonyl (C=O) groups is 2. The number of hydrogen-bond acceptors (Lipinski definition) is 5. The molecule has 0 aliphatic rings. The van der Waals surface area contributed by atoms with Crippen molar-refractivity contribution in [2.24, 2.45) is 0 Å². The molecule has 0 unspecified atom stereocenters. The van der Waals surface area contributed by atoms with Gasteiger partial charge in [0.05, 0.1) is 10.5 Å². The van der Waals surface area contributed by atoms with E-state index in [1.165, 1.54) is 24.3 Å². The Balaban J connectivity index is 2.48. The number of nitrogens with zero attached hydrogens (tertiary/aromatic N) is 1. The smallest absolute Gasteiger partial charge is 0.339 e. The molecule has 0 aromatic heterocycles. The quantitative estimate of drug-likeness (QED) is 0.642. The molecule has 0 bridgehead atoms. The van der Waals surface area contributed by atoms with Crippen molar-refractivity contribution in [1.29, 1.82) is 0 Å². The summed E-state index contributed by atoms with van der Waals surface area (Å²) in [7, 11) is 0. The van der Waals surface area contributed by atoms with Crippen LogP contribution in [-0.2, 0) is 0 Å². The van der Waals surface area contributed by atoms with Crippen LogP contribution in [0.1, 0.15) is 20.7 Å². The summed E-state index contributed by atoms with van der Waals surface area (Å²) in [6, 6.07) is 8.72. The van der Waals surface area contributed by atoms with Gasteiger partial charge in [-0.1, -0.05) is 12.1 Å². The van der Waals surface area contributed by atoms with Crippen LogP contribution in [0, 0.1) is 10.1 Å². The largest absolute Gasteiger partial charge is 0.478 e. The third-order valence-corrected chi connectivity index (χ3v) is 2.74. The fourth-order valence-electron chi connectivity index (χ4n) is 1.73. The average Bonchev–Trinajstić information content (AvgIpc) is 2.47. The van der Waals surface area contributed by atoms with E-state index in [0.717, 1.165) is 18.2 Å². The van der Waals surface area contributed by atoms with Gasteiger partial charge in [-0.3, -0.25) is 10.1 Å². The molecule has 0 spiro atoms. The molecule has 22 heavy (non-hydrogen) atoms. The highest BCUT2D eigenvalue weighted by Crippen LogP contribution is 2.33. The molecule has 8 nitrogen and oxygen atoms in total. The second kappa shape index (κ2) is 5.92. The highest BCUT2D eigenvalue weighted by Gasteiger charge is 2.21. The molecular weight excluding hydrogens is 294 g/mol. The molecular formula is C14H9NO7. The topological polar surface area (TPSA) is 127 Å². The summed E-state index contributed by atoms with van der Waals surface area (Å²) in [6.45, 7) is 0. The second-order valence-electron chi connectivity index (χ2n) is 4.15. The number of aromatic carboxylic acids is 2. The van der Waals surface area contributed by atoms with Crippen molar-refractivity contribution in [3.63, 3.8) is 0 Å². The van der Waals surface area contributed by atoms with E-state index in [2.05, 4.69) is 0 Å². The molecule has 2 rings (SSSR count). The Bertz CT molecular complexity index is 770. The summed E-state index contributed by atoms with van der Waals surface area (Å²) in [6.07, 6.45) is 0. The second-order valence-corrected chi connectivity index (χ2v) is 4.15. The first-order chi connectivity index (χ1) is 10.4. The van der Waals surface area contributed by atoms with E-state index >= 15 is 0 Å². The van der Waals surface area contributed by atoms with Crippen molar-refractivity contribution in [3.05, 3.63) is 63.7 Å². The van der Waals surface area contributed by atoms with E-state index in [-0.39, 0.29) is 22.6 Å². The Hall–Kier alpha value is -3.42. The first-order valence-electron chi connectivity index (χ1n) is 5.92. The minimum atomic E-state index is -1.32. The normalized spacial score (nSPS) is 10.0. The highest BCUT2D eigenvalue weighted by atomic mass is 16.6. The van der Waals surface area contributed by atoms with Crippen molar-refractivity contribution in [3.8, 4) is 11.5 Å². The first-order valence-corrected chi connectivity index (χ1v) is 5.92. The van der Waals surface area contributed by atoms with Gasteiger partial charge < -0.3 is 14.9 Å². The molecule has 112 valence electrons. The monoisotopic (exact) mass is 303 g/mol. The van der Waals surface area contributed by atoms with Gasteiger partial charge in [0.1, 0.15) is 11.3 Å².